The third-order valence-electron chi connectivity index (χ3n) is 3.51. The van der Waals surface area contributed by atoms with Crippen molar-refractivity contribution in [2.24, 2.45) is 5.92 Å². The number of hydrogen-bond donors (Lipinski definition) is 1. The van der Waals surface area contributed by atoms with Crippen molar-refractivity contribution in [3.63, 3.8) is 0 Å². The van der Waals surface area contributed by atoms with Crippen LogP contribution >= 0.6 is 0 Å². The van der Waals surface area contributed by atoms with E-state index in [9.17, 15) is 0 Å². The molecule has 1 aliphatic rings. The van der Waals surface area contributed by atoms with E-state index in [-0.39, 0.29) is 0 Å². The highest BCUT2D eigenvalue weighted by atomic mass is 15.3. The van der Waals surface area contributed by atoms with Crippen molar-refractivity contribution >= 4 is 5.82 Å². The quantitative estimate of drug-likeness (QED) is 0.867. The van der Waals surface area contributed by atoms with Crippen LogP contribution in [-0.4, -0.2) is 35.5 Å². The molecule has 1 aromatic heterocycles. The Bertz CT molecular complexity index is 345. The molecule has 1 aliphatic heterocycles. The van der Waals surface area contributed by atoms with Crippen molar-refractivity contribution in [3.05, 3.63) is 12.3 Å². The lowest BCUT2D eigenvalue weighted by Crippen LogP contribution is -2.41. The van der Waals surface area contributed by atoms with Gasteiger partial charge in [-0.3, -0.25) is 4.68 Å². The Morgan fingerprint density at radius 1 is 1.53 bits per heavy atom. The van der Waals surface area contributed by atoms with Crippen molar-refractivity contribution in [2.75, 3.05) is 24.5 Å². The molecule has 0 aliphatic carbocycles. The molecule has 0 saturated carbocycles. The summed E-state index contributed by atoms with van der Waals surface area (Å²) in [5, 5.41) is 8.23. The Morgan fingerprint density at radius 3 is 3.00 bits per heavy atom. The van der Waals surface area contributed by atoms with Gasteiger partial charge < -0.3 is 10.2 Å². The molecule has 1 atom stereocenters. The molecular formula is C13H24N4. The number of nitrogens with one attached hydrogen (secondary N) is 1. The van der Waals surface area contributed by atoms with Gasteiger partial charge in [-0.15, -0.1) is 0 Å². The lowest BCUT2D eigenvalue weighted by molar-refractivity contribution is 0.419. The minimum atomic E-state index is 0.573. The monoisotopic (exact) mass is 236 g/mol. The van der Waals surface area contributed by atoms with Gasteiger partial charge >= 0.3 is 0 Å². The third kappa shape index (κ3) is 3.00. The Labute approximate surface area is 104 Å². The van der Waals surface area contributed by atoms with Crippen LogP contribution in [-0.2, 0) is 6.54 Å². The molecule has 1 fully saturated rings. The zero-order valence-electron chi connectivity index (χ0n) is 11.2. The minimum Gasteiger partial charge on any atom is -0.354 e. The van der Waals surface area contributed by atoms with Crippen LogP contribution in [0.1, 0.15) is 27.2 Å². The number of rotatable bonds is 3. The molecule has 0 spiro atoms. The molecule has 0 radical (unpaired) electrons. The highest BCUT2D eigenvalue weighted by Crippen LogP contribution is 2.16. The first kappa shape index (κ1) is 12.4. The number of nitrogens with zero attached hydrogens (tertiary/aromatic N) is 3. The summed E-state index contributed by atoms with van der Waals surface area (Å²) in [5.74, 6) is 1.80. The summed E-state index contributed by atoms with van der Waals surface area (Å²) in [6.07, 6.45) is 3.26. The van der Waals surface area contributed by atoms with Gasteiger partial charge in [0.15, 0.2) is 5.82 Å². The first-order valence-corrected chi connectivity index (χ1v) is 6.72. The number of aromatic nitrogens is 2. The van der Waals surface area contributed by atoms with Crippen molar-refractivity contribution in [1.82, 2.24) is 15.1 Å². The van der Waals surface area contributed by atoms with Gasteiger partial charge in [-0.25, -0.2) is 0 Å². The van der Waals surface area contributed by atoms with Gasteiger partial charge in [0.1, 0.15) is 0 Å². The zero-order chi connectivity index (χ0) is 12.3. The average Bonchev–Trinajstić information content (AvgIpc) is 2.65. The summed E-state index contributed by atoms with van der Waals surface area (Å²) in [4.78, 5) is 2.41. The maximum Gasteiger partial charge on any atom is 0.150 e. The fraction of sp³-hybridized carbons (Fsp3) is 0.769. The first-order valence-electron chi connectivity index (χ1n) is 6.72. The van der Waals surface area contributed by atoms with Crippen LogP contribution in [0.3, 0.4) is 0 Å². The lowest BCUT2D eigenvalue weighted by Gasteiger charge is -2.26. The van der Waals surface area contributed by atoms with Gasteiger partial charge in [0.2, 0.25) is 0 Å². The highest BCUT2D eigenvalue weighted by Gasteiger charge is 2.21. The molecule has 1 saturated heterocycles. The molecule has 1 unspecified atom stereocenters. The zero-order valence-corrected chi connectivity index (χ0v) is 11.2. The van der Waals surface area contributed by atoms with Crippen LogP contribution in [0.5, 0.6) is 0 Å². The largest absolute Gasteiger partial charge is 0.354 e. The molecule has 4 nitrogen and oxygen atoms in total. The molecule has 0 bridgehead atoms. The Hall–Kier alpha value is -1.03. The standard InChI is InChI=1S/C13H24N4/c1-4-17-9-6-13(15-17)16-8-5-7-14-12(10-16)11(2)3/h6,9,11-12,14H,4-5,7-8,10H2,1-3H3. The third-order valence-corrected chi connectivity index (χ3v) is 3.51. The van der Waals surface area contributed by atoms with Crippen LogP contribution in [0.15, 0.2) is 12.3 Å². The van der Waals surface area contributed by atoms with E-state index in [2.05, 4.69) is 48.3 Å². The normalized spacial score (nSPS) is 21.9. The van der Waals surface area contributed by atoms with E-state index in [4.69, 9.17) is 0 Å². The summed E-state index contributed by atoms with van der Waals surface area (Å²) in [5.41, 5.74) is 0. The maximum absolute atomic E-state index is 4.60. The molecule has 1 N–H and O–H groups in total. The van der Waals surface area contributed by atoms with Crippen molar-refractivity contribution in [1.29, 1.82) is 0 Å². The van der Waals surface area contributed by atoms with Gasteiger partial charge in [-0.1, -0.05) is 13.8 Å². The second-order valence-corrected chi connectivity index (χ2v) is 5.13. The fourth-order valence-corrected chi connectivity index (χ4v) is 2.30. The van der Waals surface area contributed by atoms with Gasteiger partial charge in [-0.2, -0.15) is 5.10 Å². The van der Waals surface area contributed by atoms with Gasteiger partial charge in [-0.05, 0) is 25.8 Å². The average molecular weight is 236 g/mol. The summed E-state index contributed by atoms with van der Waals surface area (Å²) >= 11 is 0. The summed E-state index contributed by atoms with van der Waals surface area (Å²) in [7, 11) is 0. The SMILES string of the molecule is CCn1ccc(N2CCCNC(C(C)C)C2)n1. The molecule has 2 rings (SSSR count). The smallest absolute Gasteiger partial charge is 0.150 e. The van der Waals surface area contributed by atoms with Crippen LogP contribution < -0.4 is 10.2 Å². The molecule has 4 heteroatoms. The van der Waals surface area contributed by atoms with Gasteiger partial charge in [0, 0.05) is 37.9 Å². The second-order valence-electron chi connectivity index (χ2n) is 5.13. The summed E-state index contributed by atoms with van der Waals surface area (Å²) in [6.45, 7) is 10.9. The van der Waals surface area contributed by atoms with Gasteiger partial charge in [0.05, 0.1) is 0 Å². The lowest BCUT2D eigenvalue weighted by atomic mass is 10.0. The number of anilines is 1. The molecule has 0 amide bonds. The minimum absolute atomic E-state index is 0.573. The summed E-state index contributed by atoms with van der Waals surface area (Å²) in [6, 6.07) is 2.70. The van der Waals surface area contributed by atoms with Crippen LogP contribution in [0, 0.1) is 5.92 Å². The molecule has 0 aromatic carbocycles. The van der Waals surface area contributed by atoms with Crippen molar-refractivity contribution in [2.45, 2.75) is 39.8 Å². The highest BCUT2D eigenvalue weighted by molar-refractivity contribution is 5.37. The van der Waals surface area contributed by atoms with E-state index in [0.29, 0.717) is 12.0 Å². The Morgan fingerprint density at radius 2 is 2.35 bits per heavy atom. The second kappa shape index (κ2) is 5.54. The van der Waals surface area contributed by atoms with Gasteiger partial charge in [0.25, 0.3) is 0 Å². The fourth-order valence-electron chi connectivity index (χ4n) is 2.30. The van der Waals surface area contributed by atoms with Crippen molar-refractivity contribution < 1.29 is 0 Å². The molecular weight excluding hydrogens is 212 g/mol. The van der Waals surface area contributed by atoms with E-state index in [0.717, 1.165) is 32.0 Å². The van der Waals surface area contributed by atoms with Crippen LogP contribution in [0.25, 0.3) is 0 Å². The maximum atomic E-state index is 4.60. The molecule has 17 heavy (non-hydrogen) atoms. The van der Waals surface area contributed by atoms with E-state index in [1.807, 2.05) is 4.68 Å². The van der Waals surface area contributed by atoms with E-state index < -0.39 is 0 Å². The number of hydrogen-bond acceptors (Lipinski definition) is 3. The van der Waals surface area contributed by atoms with E-state index in [1.165, 1.54) is 6.42 Å². The molecule has 1 aromatic rings. The van der Waals surface area contributed by atoms with Crippen LogP contribution in [0.4, 0.5) is 5.82 Å². The predicted molar refractivity (Wildman–Crippen MR) is 71.4 cm³/mol. The van der Waals surface area contributed by atoms with E-state index in [1.54, 1.807) is 0 Å². The molecule has 2 heterocycles. The predicted octanol–water partition coefficient (Wildman–Crippen LogP) is 1.73. The Balaban J connectivity index is 2.08. The molecule has 96 valence electrons. The topological polar surface area (TPSA) is 33.1 Å². The van der Waals surface area contributed by atoms with E-state index >= 15 is 0 Å². The summed E-state index contributed by atoms with van der Waals surface area (Å²) < 4.78 is 2.00. The van der Waals surface area contributed by atoms with Crippen LogP contribution in [0.2, 0.25) is 0 Å². The number of aryl methyl sites for hydroxylation is 1. The first-order chi connectivity index (χ1) is 8.20. The van der Waals surface area contributed by atoms with Crippen molar-refractivity contribution in [3.8, 4) is 0 Å². The Kier molecular flexibility index (Phi) is 4.05.